The van der Waals surface area contributed by atoms with E-state index in [1.165, 1.54) is 0 Å². The van der Waals surface area contributed by atoms with Gasteiger partial charge in [0.25, 0.3) is 0 Å². The molecule has 3 nitrogen and oxygen atoms in total. The van der Waals surface area contributed by atoms with Crippen molar-refractivity contribution in [2.75, 3.05) is 0 Å². The first-order valence-corrected chi connectivity index (χ1v) is 5.27. The molecule has 0 spiro atoms. The van der Waals surface area contributed by atoms with Crippen molar-refractivity contribution in [3.05, 3.63) is 59.7 Å². The SMILES string of the molecule is N#Cc1ccccc1-c1ccc(CN=N)cc1. The molecule has 0 saturated carbocycles. The third kappa shape index (κ3) is 2.37. The third-order valence-electron chi connectivity index (χ3n) is 2.57. The average Bonchev–Trinajstić information content (AvgIpc) is 2.40. The van der Waals surface area contributed by atoms with Crippen molar-refractivity contribution in [2.45, 2.75) is 6.54 Å². The van der Waals surface area contributed by atoms with Gasteiger partial charge in [-0.15, -0.1) is 0 Å². The monoisotopic (exact) mass is 221 g/mol. The molecule has 3 heteroatoms. The van der Waals surface area contributed by atoms with Crippen LogP contribution in [0.15, 0.2) is 53.6 Å². The van der Waals surface area contributed by atoms with E-state index in [1.807, 2.05) is 48.5 Å². The Morgan fingerprint density at radius 2 is 1.76 bits per heavy atom. The minimum Gasteiger partial charge on any atom is -0.210 e. The average molecular weight is 221 g/mol. The Hall–Kier alpha value is -2.47. The van der Waals surface area contributed by atoms with Crippen molar-refractivity contribution in [3.8, 4) is 17.2 Å². The number of nitriles is 1. The molecule has 0 aliphatic heterocycles. The number of rotatable bonds is 3. The zero-order valence-corrected chi connectivity index (χ0v) is 9.22. The van der Waals surface area contributed by atoms with Gasteiger partial charge < -0.3 is 0 Å². The zero-order valence-electron chi connectivity index (χ0n) is 9.22. The van der Waals surface area contributed by atoms with E-state index in [-0.39, 0.29) is 0 Å². The molecular formula is C14H11N3. The minimum atomic E-state index is 0.403. The molecule has 2 rings (SSSR count). The summed E-state index contributed by atoms with van der Waals surface area (Å²) in [6, 6.07) is 17.5. The van der Waals surface area contributed by atoms with Gasteiger partial charge in [0.2, 0.25) is 0 Å². The predicted octanol–water partition coefficient (Wildman–Crippen LogP) is 3.76. The molecule has 2 aromatic carbocycles. The van der Waals surface area contributed by atoms with Gasteiger partial charge in [-0.05, 0) is 22.8 Å². The molecule has 1 N–H and O–H groups in total. The summed E-state index contributed by atoms with van der Waals surface area (Å²) in [5, 5.41) is 12.4. The highest BCUT2D eigenvalue weighted by Crippen LogP contribution is 2.23. The van der Waals surface area contributed by atoms with Crippen molar-refractivity contribution in [1.29, 1.82) is 10.8 Å². The molecule has 2 aromatic rings. The van der Waals surface area contributed by atoms with Gasteiger partial charge in [-0.1, -0.05) is 42.5 Å². The van der Waals surface area contributed by atoms with E-state index >= 15 is 0 Å². The van der Waals surface area contributed by atoms with E-state index in [0.717, 1.165) is 16.7 Å². The lowest BCUT2D eigenvalue weighted by atomic mass is 9.99. The van der Waals surface area contributed by atoms with Crippen LogP contribution in [0, 0.1) is 16.9 Å². The standard InChI is InChI=1S/C14H11N3/c15-9-13-3-1-2-4-14(13)12-7-5-11(6-8-12)10-17-16/h1-8,16H,10H2. The van der Waals surface area contributed by atoms with Crippen molar-refractivity contribution in [1.82, 2.24) is 0 Å². The summed E-state index contributed by atoms with van der Waals surface area (Å²) in [4.78, 5) is 0. The quantitative estimate of drug-likeness (QED) is 0.788. The minimum absolute atomic E-state index is 0.403. The second kappa shape index (κ2) is 5.04. The van der Waals surface area contributed by atoms with Crippen LogP contribution in [0.25, 0.3) is 11.1 Å². The summed E-state index contributed by atoms with van der Waals surface area (Å²) >= 11 is 0. The highest BCUT2D eigenvalue weighted by molar-refractivity contribution is 5.70. The number of hydrogen-bond donors (Lipinski definition) is 1. The van der Waals surface area contributed by atoms with Gasteiger partial charge in [0.1, 0.15) is 0 Å². The second-order valence-corrected chi connectivity index (χ2v) is 3.67. The van der Waals surface area contributed by atoms with Crippen molar-refractivity contribution < 1.29 is 0 Å². The first-order chi connectivity index (χ1) is 8.35. The highest BCUT2D eigenvalue weighted by Gasteiger charge is 2.03. The van der Waals surface area contributed by atoms with Crippen LogP contribution in [0.3, 0.4) is 0 Å². The molecule has 0 saturated heterocycles. The van der Waals surface area contributed by atoms with Crippen LogP contribution in [0.1, 0.15) is 11.1 Å². The van der Waals surface area contributed by atoms with Crippen molar-refractivity contribution in [3.63, 3.8) is 0 Å². The first kappa shape index (κ1) is 11.0. The van der Waals surface area contributed by atoms with Gasteiger partial charge in [-0.25, -0.2) is 5.53 Å². The predicted molar refractivity (Wildman–Crippen MR) is 65.4 cm³/mol. The van der Waals surface area contributed by atoms with Crippen LogP contribution in [-0.2, 0) is 6.54 Å². The second-order valence-electron chi connectivity index (χ2n) is 3.67. The molecule has 82 valence electrons. The Bertz CT molecular complexity index is 565. The smallest absolute Gasteiger partial charge is 0.0998 e. The summed E-state index contributed by atoms with van der Waals surface area (Å²) < 4.78 is 0. The Balaban J connectivity index is 2.40. The highest BCUT2D eigenvalue weighted by atomic mass is 14.9. The lowest BCUT2D eigenvalue weighted by Crippen LogP contribution is -1.85. The molecule has 0 aromatic heterocycles. The molecule has 17 heavy (non-hydrogen) atoms. The Kier molecular flexibility index (Phi) is 3.27. The normalized spacial score (nSPS) is 9.59. The fraction of sp³-hybridized carbons (Fsp3) is 0.0714. The fourth-order valence-corrected chi connectivity index (χ4v) is 1.71. The third-order valence-corrected chi connectivity index (χ3v) is 2.57. The Labute approximate surface area is 99.8 Å². The molecule has 0 atom stereocenters. The number of hydrogen-bond acceptors (Lipinski definition) is 3. The number of nitrogens with zero attached hydrogens (tertiary/aromatic N) is 2. The maximum Gasteiger partial charge on any atom is 0.0998 e. The van der Waals surface area contributed by atoms with Crippen LogP contribution >= 0.6 is 0 Å². The summed E-state index contributed by atoms with van der Waals surface area (Å²) in [7, 11) is 0. The summed E-state index contributed by atoms with van der Waals surface area (Å²) in [6.07, 6.45) is 0. The molecule has 0 amide bonds. The van der Waals surface area contributed by atoms with E-state index in [1.54, 1.807) is 0 Å². The molecular weight excluding hydrogens is 210 g/mol. The summed E-state index contributed by atoms with van der Waals surface area (Å²) in [6.45, 7) is 0.403. The van der Waals surface area contributed by atoms with Gasteiger partial charge in [0, 0.05) is 0 Å². The Morgan fingerprint density at radius 1 is 1.06 bits per heavy atom. The maximum atomic E-state index is 9.03. The lowest BCUT2D eigenvalue weighted by Gasteiger charge is -2.04. The van der Waals surface area contributed by atoms with Gasteiger partial charge >= 0.3 is 0 Å². The first-order valence-electron chi connectivity index (χ1n) is 5.27. The Morgan fingerprint density at radius 3 is 2.41 bits per heavy atom. The van der Waals surface area contributed by atoms with E-state index in [9.17, 15) is 0 Å². The summed E-state index contributed by atoms with van der Waals surface area (Å²) in [5.74, 6) is 0. The number of nitrogens with one attached hydrogen (secondary N) is 1. The molecule has 0 fully saturated rings. The topological polar surface area (TPSA) is 60.0 Å². The largest absolute Gasteiger partial charge is 0.210 e. The van der Waals surface area contributed by atoms with Crippen LogP contribution in [0.4, 0.5) is 0 Å². The molecule has 0 bridgehead atoms. The lowest BCUT2D eigenvalue weighted by molar-refractivity contribution is 0.908. The van der Waals surface area contributed by atoms with Gasteiger partial charge in [0.05, 0.1) is 18.2 Å². The molecule has 0 aliphatic carbocycles. The number of benzene rings is 2. The van der Waals surface area contributed by atoms with E-state index in [4.69, 9.17) is 10.8 Å². The van der Waals surface area contributed by atoms with E-state index in [0.29, 0.717) is 12.1 Å². The fourth-order valence-electron chi connectivity index (χ4n) is 1.71. The van der Waals surface area contributed by atoms with Gasteiger partial charge in [-0.2, -0.15) is 10.4 Å². The molecule has 0 unspecified atom stereocenters. The van der Waals surface area contributed by atoms with Crippen LogP contribution in [0.2, 0.25) is 0 Å². The maximum absolute atomic E-state index is 9.03. The van der Waals surface area contributed by atoms with Crippen molar-refractivity contribution in [2.24, 2.45) is 5.11 Å². The van der Waals surface area contributed by atoms with E-state index < -0.39 is 0 Å². The van der Waals surface area contributed by atoms with Gasteiger partial charge in [-0.3, -0.25) is 0 Å². The van der Waals surface area contributed by atoms with Crippen molar-refractivity contribution >= 4 is 0 Å². The summed E-state index contributed by atoms with van der Waals surface area (Å²) in [5.41, 5.74) is 10.4. The molecule has 0 radical (unpaired) electrons. The van der Waals surface area contributed by atoms with Crippen LogP contribution < -0.4 is 0 Å². The van der Waals surface area contributed by atoms with Crippen LogP contribution in [-0.4, -0.2) is 0 Å². The molecule has 0 heterocycles. The zero-order chi connectivity index (χ0) is 12.1. The van der Waals surface area contributed by atoms with Crippen LogP contribution in [0.5, 0.6) is 0 Å². The molecule has 0 aliphatic rings. The van der Waals surface area contributed by atoms with E-state index in [2.05, 4.69) is 11.2 Å². The van der Waals surface area contributed by atoms with Gasteiger partial charge in [0.15, 0.2) is 0 Å².